The normalized spacial score (nSPS) is 18.2. The summed E-state index contributed by atoms with van der Waals surface area (Å²) in [4.78, 5) is 14.2. The monoisotopic (exact) mass is 314 g/mol. The number of hydrogen-bond acceptors (Lipinski definition) is 3. The highest BCUT2D eigenvalue weighted by Gasteiger charge is 2.45. The fourth-order valence-electron chi connectivity index (χ4n) is 2.58. The number of halogens is 2. The van der Waals surface area contributed by atoms with Crippen molar-refractivity contribution in [3.63, 3.8) is 0 Å². The number of benzene rings is 1. The summed E-state index contributed by atoms with van der Waals surface area (Å²) < 4.78 is 13.4. The Hall–Kier alpha value is -1.17. The first-order chi connectivity index (χ1) is 9.86. The van der Waals surface area contributed by atoms with Gasteiger partial charge in [0, 0.05) is 6.54 Å². The molecule has 1 unspecified atom stereocenters. The third-order valence-electron chi connectivity index (χ3n) is 4.24. The molecule has 0 bridgehead atoms. The average molecular weight is 315 g/mol. The maximum absolute atomic E-state index is 13.4. The van der Waals surface area contributed by atoms with Crippen molar-refractivity contribution in [1.82, 2.24) is 10.2 Å². The number of carbonyl (C=O) groups excluding carboxylic acids is 1. The number of rotatable bonds is 5. The van der Waals surface area contributed by atoms with Gasteiger partial charge in [0.15, 0.2) is 0 Å². The Bertz CT molecular complexity index is 532. The molecule has 1 aromatic rings. The highest BCUT2D eigenvalue weighted by Crippen LogP contribution is 2.36. The number of nitrogens with one attached hydrogen (secondary N) is 1. The van der Waals surface area contributed by atoms with Crippen LogP contribution in [0.2, 0.25) is 5.02 Å². The predicted octanol–water partition coefficient (Wildman–Crippen LogP) is 2.11. The van der Waals surface area contributed by atoms with Gasteiger partial charge in [0.1, 0.15) is 5.82 Å². The fourth-order valence-corrected chi connectivity index (χ4v) is 2.70. The van der Waals surface area contributed by atoms with Gasteiger partial charge in [-0.05, 0) is 51.1 Å². The van der Waals surface area contributed by atoms with Crippen LogP contribution in [-0.4, -0.2) is 42.1 Å². The minimum atomic E-state index is -0.958. The van der Waals surface area contributed by atoms with Gasteiger partial charge in [0.2, 0.25) is 5.91 Å². The van der Waals surface area contributed by atoms with Crippen LogP contribution >= 0.6 is 11.6 Å². The quantitative estimate of drug-likeness (QED) is 0.875. The molecule has 0 aliphatic heterocycles. The van der Waals surface area contributed by atoms with Crippen molar-refractivity contribution in [2.24, 2.45) is 0 Å². The molecule has 1 fully saturated rings. The molecule has 0 spiro atoms. The van der Waals surface area contributed by atoms with Crippen LogP contribution in [0.4, 0.5) is 4.39 Å². The van der Waals surface area contributed by atoms with E-state index in [1.54, 1.807) is 6.07 Å². The molecule has 1 aliphatic rings. The van der Waals surface area contributed by atoms with E-state index >= 15 is 0 Å². The fraction of sp³-hybridized carbons (Fsp3) is 0.533. The van der Waals surface area contributed by atoms with Crippen LogP contribution in [0.15, 0.2) is 18.2 Å². The third kappa shape index (κ3) is 3.20. The molecule has 1 aromatic carbocycles. The smallest absolute Gasteiger partial charge is 0.240 e. The molecule has 1 atom stereocenters. The summed E-state index contributed by atoms with van der Waals surface area (Å²) in [7, 11) is 3.76. The zero-order valence-corrected chi connectivity index (χ0v) is 13.0. The Morgan fingerprint density at radius 1 is 1.52 bits per heavy atom. The second kappa shape index (κ2) is 6.30. The van der Waals surface area contributed by atoms with Crippen molar-refractivity contribution in [2.45, 2.75) is 30.9 Å². The standard InChI is InChI=1S/C15H20ClFN2O2/c1-19(2)15(6-3-7-15)14(21)18-9-13(20)10-4-5-11(16)12(17)8-10/h4-5,8,13,20H,3,6-7,9H2,1-2H3,(H,18,21). The first-order valence-electron chi connectivity index (χ1n) is 6.95. The molecule has 21 heavy (non-hydrogen) atoms. The van der Waals surface area contributed by atoms with Crippen LogP contribution in [0.5, 0.6) is 0 Å². The van der Waals surface area contributed by atoms with E-state index in [2.05, 4.69) is 5.32 Å². The van der Waals surface area contributed by atoms with E-state index in [-0.39, 0.29) is 17.5 Å². The van der Waals surface area contributed by atoms with Gasteiger partial charge in [0.25, 0.3) is 0 Å². The van der Waals surface area contributed by atoms with E-state index in [4.69, 9.17) is 11.6 Å². The Balaban J connectivity index is 1.96. The van der Waals surface area contributed by atoms with Crippen molar-refractivity contribution in [1.29, 1.82) is 0 Å². The second-order valence-electron chi connectivity index (χ2n) is 5.68. The summed E-state index contributed by atoms with van der Waals surface area (Å²) in [5, 5.41) is 12.8. The van der Waals surface area contributed by atoms with Crippen LogP contribution in [0.3, 0.4) is 0 Å². The molecule has 2 N–H and O–H groups in total. The minimum absolute atomic E-state index is 0.0102. The van der Waals surface area contributed by atoms with E-state index in [1.807, 2.05) is 19.0 Å². The highest BCUT2D eigenvalue weighted by molar-refractivity contribution is 6.30. The van der Waals surface area contributed by atoms with Gasteiger partial charge in [-0.2, -0.15) is 0 Å². The van der Waals surface area contributed by atoms with Gasteiger partial charge in [-0.25, -0.2) is 4.39 Å². The van der Waals surface area contributed by atoms with E-state index < -0.39 is 17.5 Å². The molecular weight excluding hydrogens is 295 g/mol. The molecule has 4 nitrogen and oxygen atoms in total. The first kappa shape index (κ1) is 16.2. The number of aliphatic hydroxyl groups excluding tert-OH is 1. The SMILES string of the molecule is CN(C)C1(C(=O)NCC(O)c2ccc(Cl)c(F)c2)CCC1. The summed E-state index contributed by atoms with van der Waals surface area (Å²) in [6.45, 7) is 0.0511. The van der Waals surface area contributed by atoms with E-state index in [9.17, 15) is 14.3 Å². The lowest BCUT2D eigenvalue weighted by atomic mass is 9.75. The largest absolute Gasteiger partial charge is 0.387 e. The molecule has 1 aliphatic carbocycles. The molecule has 1 amide bonds. The average Bonchev–Trinajstić information content (AvgIpc) is 2.37. The van der Waals surface area contributed by atoms with Crippen LogP contribution in [-0.2, 0) is 4.79 Å². The maximum atomic E-state index is 13.4. The number of hydrogen-bond donors (Lipinski definition) is 2. The number of amides is 1. The van der Waals surface area contributed by atoms with Crippen LogP contribution in [0.1, 0.15) is 30.9 Å². The Morgan fingerprint density at radius 2 is 2.19 bits per heavy atom. The van der Waals surface area contributed by atoms with Crippen molar-refractivity contribution in [3.8, 4) is 0 Å². The Kier molecular flexibility index (Phi) is 4.86. The van der Waals surface area contributed by atoms with Gasteiger partial charge in [-0.15, -0.1) is 0 Å². The molecule has 6 heteroatoms. The molecule has 1 saturated carbocycles. The number of likely N-dealkylation sites (N-methyl/N-ethyl adjacent to an activating group) is 1. The lowest BCUT2D eigenvalue weighted by molar-refractivity contribution is -0.137. The zero-order valence-electron chi connectivity index (χ0n) is 12.2. The van der Waals surface area contributed by atoms with Gasteiger partial charge >= 0.3 is 0 Å². The summed E-state index contributed by atoms with van der Waals surface area (Å²) in [5.74, 6) is -0.671. The molecular formula is C15H20ClFN2O2. The van der Waals surface area contributed by atoms with Crippen molar-refractivity contribution in [2.75, 3.05) is 20.6 Å². The van der Waals surface area contributed by atoms with Crippen molar-refractivity contribution >= 4 is 17.5 Å². The number of nitrogens with zero attached hydrogens (tertiary/aromatic N) is 1. The summed E-state index contributed by atoms with van der Waals surface area (Å²) in [6.07, 6.45) is 1.70. The Morgan fingerprint density at radius 3 is 2.67 bits per heavy atom. The van der Waals surface area contributed by atoms with E-state index in [0.29, 0.717) is 5.56 Å². The predicted molar refractivity (Wildman–Crippen MR) is 79.6 cm³/mol. The maximum Gasteiger partial charge on any atom is 0.240 e. The van der Waals surface area contributed by atoms with Crippen molar-refractivity contribution in [3.05, 3.63) is 34.6 Å². The lowest BCUT2D eigenvalue weighted by Gasteiger charge is -2.45. The van der Waals surface area contributed by atoms with E-state index in [1.165, 1.54) is 12.1 Å². The van der Waals surface area contributed by atoms with Crippen LogP contribution < -0.4 is 5.32 Å². The number of aliphatic hydroxyl groups is 1. The Labute approximate surface area is 128 Å². The molecule has 2 rings (SSSR count). The zero-order chi connectivity index (χ0) is 15.6. The first-order valence-corrected chi connectivity index (χ1v) is 7.33. The second-order valence-corrected chi connectivity index (χ2v) is 6.09. The highest BCUT2D eigenvalue weighted by atomic mass is 35.5. The third-order valence-corrected chi connectivity index (χ3v) is 4.55. The van der Waals surface area contributed by atoms with Crippen molar-refractivity contribution < 1.29 is 14.3 Å². The topological polar surface area (TPSA) is 52.6 Å². The lowest BCUT2D eigenvalue weighted by Crippen LogP contribution is -2.60. The molecule has 0 heterocycles. The summed E-state index contributed by atoms with van der Waals surface area (Å²) >= 11 is 5.60. The minimum Gasteiger partial charge on any atom is -0.387 e. The van der Waals surface area contributed by atoms with Gasteiger partial charge in [0.05, 0.1) is 16.7 Å². The van der Waals surface area contributed by atoms with Gasteiger partial charge < -0.3 is 10.4 Å². The molecule has 0 aromatic heterocycles. The van der Waals surface area contributed by atoms with Crippen LogP contribution in [0, 0.1) is 5.82 Å². The van der Waals surface area contributed by atoms with Gasteiger partial charge in [-0.1, -0.05) is 17.7 Å². The number of carbonyl (C=O) groups is 1. The molecule has 0 saturated heterocycles. The summed E-state index contributed by atoms with van der Waals surface area (Å²) in [6, 6.07) is 4.13. The van der Waals surface area contributed by atoms with Gasteiger partial charge in [-0.3, -0.25) is 9.69 Å². The molecule has 0 radical (unpaired) electrons. The molecule has 116 valence electrons. The summed E-state index contributed by atoms with van der Waals surface area (Å²) in [5.41, 5.74) is -0.0740. The van der Waals surface area contributed by atoms with E-state index in [0.717, 1.165) is 19.3 Å². The van der Waals surface area contributed by atoms with Crippen LogP contribution in [0.25, 0.3) is 0 Å².